The van der Waals surface area contributed by atoms with Gasteiger partial charge in [-0.25, -0.2) is 4.57 Å². The van der Waals surface area contributed by atoms with Crippen LogP contribution in [0.5, 0.6) is 0 Å². The van der Waals surface area contributed by atoms with Gasteiger partial charge in [-0.3, -0.25) is 13.8 Å². The average Bonchev–Trinajstić information content (AvgIpc) is 3.37. The van der Waals surface area contributed by atoms with Crippen LogP contribution in [0.15, 0.2) is 36.5 Å². The van der Waals surface area contributed by atoms with Crippen LogP contribution < -0.4 is 5.32 Å². The maximum atomic E-state index is 13.0. The molecule has 0 aromatic heterocycles. The number of hydrogen-bond acceptors (Lipinski definition) is 5. The van der Waals surface area contributed by atoms with Crippen LogP contribution in [0.1, 0.15) is 328 Å². The molecule has 0 aromatic carbocycles. The van der Waals surface area contributed by atoms with E-state index in [1.54, 1.807) is 6.08 Å². The van der Waals surface area contributed by atoms with E-state index in [4.69, 9.17) is 9.05 Å². The largest absolute Gasteiger partial charge is 0.472 e. The van der Waals surface area contributed by atoms with Gasteiger partial charge in [0.05, 0.1) is 39.9 Å². The van der Waals surface area contributed by atoms with Crippen LogP contribution in [0.25, 0.3) is 0 Å². The van der Waals surface area contributed by atoms with Crippen molar-refractivity contribution in [2.75, 3.05) is 40.9 Å². The molecule has 0 aliphatic heterocycles. The third-order valence-electron chi connectivity index (χ3n) is 15.1. The number of likely N-dealkylation sites (N-methyl/N-ethyl adjacent to an activating group) is 1. The number of carbonyl (C=O) groups excluding carboxylic acids is 1. The van der Waals surface area contributed by atoms with E-state index in [0.29, 0.717) is 17.4 Å². The van der Waals surface area contributed by atoms with Crippen molar-refractivity contribution in [1.82, 2.24) is 5.32 Å². The first-order valence-electron chi connectivity index (χ1n) is 32.9. The van der Waals surface area contributed by atoms with Crippen LogP contribution >= 0.6 is 7.82 Å². The molecule has 1 amide bonds. The zero-order chi connectivity index (χ0) is 54.9. The average molecular weight is 1080 g/mol. The summed E-state index contributed by atoms with van der Waals surface area (Å²) in [6.07, 6.45) is 75.7. The molecule has 0 aliphatic rings. The van der Waals surface area contributed by atoms with E-state index in [0.717, 1.165) is 38.5 Å². The van der Waals surface area contributed by atoms with Crippen molar-refractivity contribution in [3.8, 4) is 0 Å². The number of nitrogens with zero attached hydrogens (tertiary/aromatic N) is 1. The molecule has 0 aromatic rings. The zero-order valence-corrected chi connectivity index (χ0v) is 51.7. The number of unbranched alkanes of at least 4 members (excludes halogenated alkanes) is 44. The predicted octanol–water partition coefficient (Wildman–Crippen LogP) is 20.5. The van der Waals surface area contributed by atoms with Crippen molar-refractivity contribution < 1.29 is 32.9 Å². The molecular weight excluding hydrogens is 948 g/mol. The van der Waals surface area contributed by atoms with Crippen LogP contribution in [0.2, 0.25) is 0 Å². The molecular formula is C66H130N2O6P+. The topological polar surface area (TPSA) is 105 Å². The van der Waals surface area contributed by atoms with Gasteiger partial charge in [0.2, 0.25) is 5.91 Å². The van der Waals surface area contributed by atoms with Crippen molar-refractivity contribution in [2.45, 2.75) is 341 Å². The molecule has 0 saturated carbocycles. The van der Waals surface area contributed by atoms with Gasteiger partial charge in [0, 0.05) is 6.42 Å². The molecule has 3 unspecified atom stereocenters. The number of hydrogen-bond donors (Lipinski definition) is 3. The molecule has 0 spiro atoms. The Bertz CT molecular complexity index is 1320. The van der Waals surface area contributed by atoms with Crippen molar-refractivity contribution in [1.29, 1.82) is 0 Å². The zero-order valence-electron chi connectivity index (χ0n) is 50.8. The van der Waals surface area contributed by atoms with Crippen LogP contribution in [0.4, 0.5) is 0 Å². The minimum absolute atomic E-state index is 0.0578. The molecule has 0 rings (SSSR count). The molecule has 0 bridgehead atoms. The number of aliphatic hydroxyl groups excluding tert-OH is 1. The van der Waals surface area contributed by atoms with E-state index in [1.807, 2.05) is 27.2 Å². The number of carbonyl (C=O) groups is 1. The summed E-state index contributed by atoms with van der Waals surface area (Å²) in [6, 6.07) is -0.863. The number of quaternary nitrogens is 1. The highest BCUT2D eigenvalue weighted by molar-refractivity contribution is 7.47. The molecule has 9 heteroatoms. The van der Waals surface area contributed by atoms with Gasteiger partial charge >= 0.3 is 7.82 Å². The van der Waals surface area contributed by atoms with Gasteiger partial charge in [-0.15, -0.1) is 0 Å². The predicted molar refractivity (Wildman–Crippen MR) is 328 cm³/mol. The lowest BCUT2D eigenvalue weighted by atomic mass is 10.0. The molecule has 3 atom stereocenters. The molecule has 0 radical (unpaired) electrons. The van der Waals surface area contributed by atoms with E-state index in [1.165, 1.54) is 270 Å². The molecule has 8 nitrogen and oxygen atoms in total. The summed E-state index contributed by atoms with van der Waals surface area (Å²) in [4.78, 5) is 23.4. The Hall–Kier alpha value is -1.28. The third-order valence-corrected chi connectivity index (χ3v) is 16.1. The number of rotatable bonds is 61. The Morgan fingerprint density at radius 1 is 0.440 bits per heavy atom. The standard InChI is InChI=1S/C66H129N2O6P/c1-6-8-10-12-14-16-18-20-22-24-26-28-30-32-33-34-35-36-38-40-42-44-46-48-50-52-54-56-58-60-66(70)67-64(63-74-75(71,72)73-62-61-68(3,4)5)65(69)59-57-55-53-51-49-47-45-43-41-39-37-31-29-27-25-23-21-19-17-15-13-11-9-7-2/h24,26,49,51,57,59,64-65,69H,6-23,25,27-48,50,52-56,58,60-63H2,1-5H3,(H-,67,70,71,72)/p+1/b26-24-,51-49+,59-57+. The minimum Gasteiger partial charge on any atom is -0.387 e. The van der Waals surface area contributed by atoms with E-state index in [-0.39, 0.29) is 19.1 Å². The Morgan fingerprint density at radius 2 is 0.733 bits per heavy atom. The molecule has 0 saturated heterocycles. The maximum Gasteiger partial charge on any atom is 0.472 e. The van der Waals surface area contributed by atoms with Crippen molar-refractivity contribution in [3.05, 3.63) is 36.5 Å². The number of nitrogens with one attached hydrogen (secondary N) is 1. The minimum atomic E-state index is -4.36. The molecule has 0 aliphatic carbocycles. The molecule has 3 N–H and O–H groups in total. The monoisotopic (exact) mass is 1080 g/mol. The smallest absolute Gasteiger partial charge is 0.387 e. The highest BCUT2D eigenvalue weighted by Crippen LogP contribution is 2.43. The SMILES string of the molecule is CCCCCCCCCC/C=C\CCCCCCCCCCCCCCCCCCCC(=O)NC(COP(=O)(O)OCC[N+](C)(C)C)C(O)/C=C/CC/C=C/CCCCCCCCCCCCCCCCCCCC. The summed E-state index contributed by atoms with van der Waals surface area (Å²) < 4.78 is 23.8. The summed E-state index contributed by atoms with van der Waals surface area (Å²) in [5.41, 5.74) is 0. The van der Waals surface area contributed by atoms with Crippen molar-refractivity contribution in [3.63, 3.8) is 0 Å². The summed E-state index contributed by atoms with van der Waals surface area (Å²) in [7, 11) is 1.57. The van der Waals surface area contributed by atoms with Gasteiger partial charge in [0.15, 0.2) is 0 Å². The Labute approximate surface area is 467 Å². The number of amides is 1. The van der Waals surface area contributed by atoms with Crippen LogP contribution in [0, 0.1) is 0 Å². The highest BCUT2D eigenvalue weighted by atomic mass is 31.2. The molecule has 444 valence electrons. The highest BCUT2D eigenvalue weighted by Gasteiger charge is 2.28. The fraction of sp³-hybridized carbons (Fsp3) is 0.894. The number of allylic oxidation sites excluding steroid dienone is 5. The first kappa shape index (κ1) is 73.7. The molecule has 75 heavy (non-hydrogen) atoms. The quantitative estimate of drug-likeness (QED) is 0.0243. The van der Waals surface area contributed by atoms with Crippen molar-refractivity contribution >= 4 is 13.7 Å². The first-order valence-corrected chi connectivity index (χ1v) is 34.4. The lowest BCUT2D eigenvalue weighted by molar-refractivity contribution is -0.870. The number of aliphatic hydroxyl groups is 1. The Kier molecular flexibility index (Phi) is 56.4. The van der Waals surface area contributed by atoms with Gasteiger partial charge in [-0.1, -0.05) is 301 Å². The maximum absolute atomic E-state index is 13.0. The number of phosphoric acid groups is 1. The second-order valence-corrected chi connectivity index (χ2v) is 25.3. The summed E-state index contributed by atoms with van der Waals surface area (Å²) >= 11 is 0. The summed E-state index contributed by atoms with van der Waals surface area (Å²) in [5, 5.41) is 14.0. The lowest BCUT2D eigenvalue weighted by Crippen LogP contribution is -2.45. The normalized spacial score (nSPS) is 14.0. The molecule has 0 fully saturated rings. The van der Waals surface area contributed by atoms with Gasteiger partial charge in [0.25, 0.3) is 0 Å². The third kappa shape index (κ3) is 60.2. The second-order valence-electron chi connectivity index (χ2n) is 23.8. The number of phosphoric ester groups is 1. The van der Waals surface area contributed by atoms with Gasteiger partial charge in [-0.05, 0) is 57.8 Å². The molecule has 0 heterocycles. The van der Waals surface area contributed by atoms with E-state index < -0.39 is 20.0 Å². The summed E-state index contributed by atoms with van der Waals surface area (Å²) in [5.74, 6) is -0.181. The Balaban J connectivity index is 4.12. The summed E-state index contributed by atoms with van der Waals surface area (Å²) in [6.45, 7) is 4.85. The Morgan fingerprint density at radius 3 is 1.07 bits per heavy atom. The fourth-order valence-electron chi connectivity index (χ4n) is 9.94. The van der Waals surface area contributed by atoms with E-state index >= 15 is 0 Å². The van der Waals surface area contributed by atoms with Gasteiger partial charge < -0.3 is 19.8 Å². The lowest BCUT2D eigenvalue weighted by Gasteiger charge is -2.25. The van der Waals surface area contributed by atoms with Gasteiger partial charge in [-0.2, -0.15) is 0 Å². The van der Waals surface area contributed by atoms with Gasteiger partial charge in [0.1, 0.15) is 13.2 Å². The first-order chi connectivity index (χ1) is 36.5. The van der Waals surface area contributed by atoms with Crippen LogP contribution in [-0.4, -0.2) is 73.4 Å². The van der Waals surface area contributed by atoms with E-state index in [2.05, 4.69) is 43.5 Å². The fourth-order valence-corrected chi connectivity index (χ4v) is 10.7. The van der Waals surface area contributed by atoms with E-state index in [9.17, 15) is 19.4 Å². The van der Waals surface area contributed by atoms with Crippen LogP contribution in [0.3, 0.4) is 0 Å². The second kappa shape index (κ2) is 57.4. The van der Waals surface area contributed by atoms with Crippen LogP contribution in [-0.2, 0) is 18.4 Å². The van der Waals surface area contributed by atoms with Crippen molar-refractivity contribution in [2.24, 2.45) is 0 Å².